The summed E-state index contributed by atoms with van der Waals surface area (Å²) in [5, 5.41) is 3.67. The van der Waals surface area contributed by atoms with Gasteiger partial charge in [0.2, 0.25) is 0 Å². The van der Waals surface area contributed by atoms with Crippen molar-refractivity contribution < 1.29 is 0 Å². The number of nitrogens with one attached hydrogen (secondary N) is 1. The Labute approximate surface area is 322 Å². The molecule has 3 nitrogen and oxygen atoms in total. The van der Waals surface area contributed by atoms with Crippen molar-refractivity contribution in [3.63, 3.8) is 0 Å². The molecular weight excluding hydrogens is 667 g/mol. The van der Waals surface area contributed by atoms with E-state index in [1.807, 2.05) is 30.5 Å². The van der Waals surface area contributed by atoms with Crippen LogP contribution in [0.4, 0.5) is 0 Å². The first-order valence-corrected chi connectivity index (χ1v) is 18.9. The Morgan fingerprint density at radius 3 is 1.71 bits per heavy atom. The maximum atomic E-state index is 5.06. The minimum Gasteiger partial charge on any atom is -0.379 e. The molecule has 0 unspecified atom stereocenters. The van der Waals surface area contributed by atoms with Gasteiger partial charge in [0.25, 0.3) is 0 Å². The Hall–Kier alpha value is -7.10. The van der Waals surface area contributed by atoms with E-state index in [4.69, 9.17) is 4.98 Å². The number of nitrogens with zero attached hydrogens (tertiary/aromatic N) is 2. The second kappa shape index (κ2) is 13.7. The molecule has 0 saturated carbocycles. The molecule has 0 radical (unpaired) electrons. The van der Waals surface area contributed by atoms with Crippen LogP contribution < -0.4 is 5.32 Å². The van der Waals surface area contributed by atoms with Crippen molar-refractivity contribution in [3.05, 3.63) is 240 Å². The predicted octanol–water partition coefficient (Wildman–Crippen LogP) is 11.9. The van der Waals surface area contributed by atoms with E-state index >= 15 is 0 Å². The molecule has 3 heterocycles. The molecule has 3 heteroatoms. The Balaban J connectivity index is 0.980. The maximum absolute atomic E-state index is 5.06. The van der Waals surface area contributed by atoms with Crippen LogP contribution in [0.3, 0.4) is 0 Å². The third kappa shape index (κ3) is 5.69. The zero-order valence-corrected chi connectivity index (χ0v) is 30.2. The summed E-state index contributed by atoms with van der Waals surface area (Å²) in [5.74, 6) is 0. The minimum atomic E-state index is -0.387. The molecule has 1 aliphatic carbocycles. The first-order valence-electron chi connectivity index (χ1n) is 18.9. The highest BCUT2D eigenvalue weighted by molar-refractivity contribution is 5.89. The lowest BCUT2D eigenvalue weighted by atomic mass is 9.67. The van der Waals surface area contributed by atoms with Crippen LogP contribution in [0.2, 0.25) is 0 Å². The van der Waals surface area contributed by atoms with Crippen LogP contribution in [-0.4, -0.2) is 16.5 Å². The third-order valence-electron chi connectivity index (χ3n) is 11.1. The van der Waals surface area contributed by atoms with Gasteiger partial charge in [0.1, 0.15) is 0 Å². The average molecular weight is 704 g/mol. The lowest BCUT2D eigenvalue weighted by molar-refractivity contribution is 0.768. The highest BCUT2D eigenvalue weighted by atomic mass is 14.9. The smallest absolute Gasteiger partial charge is 0.0900 e. The number of dihydropyridines is 1. The van der Waals surface area contributed by atoms with Gasteiger partial charge in [-0.25, -0.2) is 4.98 Å². The van der Waals surface area contributed by atoms with Gasteiger partial charge >= 0.3 is 0 Å². The summed E-state index contributed by atoms with van der Waals surface area (Å²) in [6.07, 6.45) is 6.18. The Morgan fingerprint density at radius 2 is 1.02 bits per heavy atom. The Morgan fingerprint density at radius 1 is 0.418 bits per heavy atom. The van der Waals surface area contributed by atoms with Gasteiger partial charge in [0.15, 0.2) is 0 Å². The summed E-state index contributed by atoms with van der Waals surface area (Å²) in [7, 11) is 0. The molecule has 1 aliphatic heterocycles. The van der Waals surface area contributed by atoms with E-state index < -0.39 is 0 Å². The number of rotatable bonds is 7. The normalized spacial score (nSPS) is 13.9. The van der Waals surface area contributed by atoms with E-state index in [0.717, 1.165) is 33.9 Å². The zero-order chi connectivity index (χ0) is 36.6. The molecule has 0 amide bonds. The Kier molecular flexibility index (Phi) is 8.11. The van der Waals surface area contributed by atoms with Crippen LogP contribution in [0.15, 0.2) is 206 Å². The molecule has 6 aromatic carbocycles. The lowest BCUT2D eigenvalue weighted by Gasteiger charge is -2.33. The first-order chi connectivity index (χ1) is 27.3. The number of pyridine rings is 2. The molecule has 0 atom stereocenters. The molecule has 1 N–H and O–H groups in total. The molecule has 0 bridgehead atoms. The van der Waals surface area contributed by atoms with E-state index in [1.165, 1.54) is 55.6 Å². The molecular formula is C52H37N3. The van der Waals surface area contributed by atoms with Gasteiger partial charge in [-0.05, 0) is 103 Å². The van der Waals surface area contributed by atoms with Gasteiger partial charge in [-0.3, -0.25) is 4.98 Å². The average Bonchev–Trinajstić information content (AvgIpc) is 3.58. The van der Waals surface area contributed by atoms with Crippen molar-refractivity contribution in [1.29, 1.82) is 0 Å². The highest BCUT2D eigenvalue weighted by Gasteiger charge is 2.45. The summed E-state index contributed by atoms with van der Waals surface area (Å²) < 4.78 is 0. The third-order valence-corrected chi connectivity index (χ3v) is 11.1. The quantitative estimate of drug-likeness (QED) is 0.180. The molecule has 8 aromatic rings. The van der Waals surface area contributed by atoms with Crippen molar-refractivity contribution in [2.75, 3.05) is 6.54 Å². The monoisotopic (exact) mass is 703 g/mol. The fourth-order valence-electron chi connectivity index (χ4n) is 8.48. The van der Waals surface area contributed by atoms with Crippen LogP contribution in [0, 0.1) is 0 Å². The fraction of sp³-hybridized carbons (Fsp3) is 0.0385. The van der Waals surface area contributed by atoms with Crippen LogP contribution in [0.25, 0.3) is 56.0 Å². The van der Waals surface area contributed by atoms with E-state index in [1.54, 1.807) is 0 Å². The van der Waals surface area contributed by atoms with Crippen LogP contribution in [0.1, 0.15) is 33.5 Å². The van der Waals surface area contributed by atoms with Crippen LogP contribution >= 0.6 is 0 Å². The molecule has 0 fully saturated rings. The number of hydrogen-bond donors (Lipinski definition) is 1. The second-order valence-corrected chi connectivity index (χ2v) is 14.2. The molecule has 10 rings (SSSR count). The van der Waals surface area contributed by atoms with E-state index in [0.29, 0.717) is 6.54 Å². The molecule has 260 valence electrons. The minimum absolute atomic E-state index is 0.387. The molecule has 0 saturated heterocycles. The van der Waals surface area contributed by atoms with Gasteiger partial charge in [-0.2, -0.15) is 0 Å². The first kappa shape index (κ1) is 32.5. The van der Waals surface area contributed by atoms with Gasteiger partial charge in [0.05, 0.1) is 28.2 Å². The second-order valence-electron chi connectivity index (χ2n) is 14.2. The van der Waals surface area contributed by atoms with Gasteiger partial charge in [0, 0.05) is 12.7 Å². The van der Waals surface area contributed by atoms with Gasteiger partial charge in [-0.15, -0.1) is 0 Å². The summed E-state index contributed by atoms with van der Waals surface area (Å²) >= 11 is 0. The Bertz CT molecular complexity index is 2620. The van der Waals surface area contributed by atoms with E-state index in [9.17, 15) is 0 Å². The predicted molar refractivity (Wildman–Crippen MR) is 226 cm³/mol. The van der Waals surface area contributed by atoms with Crippen molar-refractivity contribution in [3.8, 4) is 44.8 Å². The van der Waals surface area contributed by atoms with Crippen LogP contribution in [-0.2, 0) is 5.41 Å². The molecule has 55 heavy (non-hydrogen) atoms. The maximum Gasteiger partial charge on any atom is 0.0900 e. The number of hydrogen-bond acceptors (Lipinski definition) is 3. The van der Waals surface area contributed by atoms with Crippen molar-refractivity contribution in [2.45, 2.75) is 5.41 Å². The van der Waals surface area contributed by atoms with Crippen molar-refractivity contribution >= 4 is 11.3 Å². The van der Waals surface area contributed by atoms with E-state index in [-0.39, 0.29) is 5.41 Å². The summed E-state index contributed by atoms with van der Waals surface area (Å²) in [6, 6.07) is 67.6. The number of allylic oxidation sites excluding steroid dienone is 2. The van der Waals surface area contributed by atoms with Gasteiger partial charge in [-0.1, -0.05) is 164 Å². The largest absolute Gasteiger partial charge is 0.379 e. The van der Waals surface area contributed by atoms with Crippen molar-refractivity contribution in [1.82, 2.24) is 15.3 Å². The number of benzene rings is 6. The summed E-state index contributed by atoms with van der Waals surface area (Å²) in [4.78, 5) is 9.65. The standard InChI is InChI=1S/C52H37N3/c1-4-14-36(15-5-1)41-33-50(48-22-12-13-31-53-48)55-51(34-41)49-30-28-40(35-54-49)38-25-23-37(24-26-38)39-27-29-47-45(32-39)44-20-10-11-21-46(44)52(47,42-16-6-2-7-17-42)43-18-8-3-9-19-43/h1-34,54H,35H2. The van der Waals surface area contributed by atoms with E-state index in [2.05, 4.69) is 186 Å². The SMILES string of the molecule is C1=C(c2ccc(-c3ccc4c(c3)-c3ccccc3C4(c3ccccc3)c3ccccc3)cc2)CNC(c2cc(-c3ccccc3)cc(-c3ccccn3)n2)=C1. The van der Waals surface area contributed by atoms with Crippen molar-refractivity contribution in [2.24, 2.45) is 0 Å². The van der Waals surface area contributed by atoms with Gasteiger partial charge < -0.3 is 5.32 Å². The molecule has 0 spiro atoms. The highest BCUT2D eigenvalue weighted by Crippen LogP contribution is 2.56. The lowest BCUT2D eigenvalue weighted by Crippen LogP contribution is -2.28. The number of fused-ring (bicyclic) bond motifs is 3. The number of aromatic nitrogens is 2. The summed E-state index contributed by atoms with van der Waals surface area (Å²) in [6.45, 7) is 0.706. The zero-order valence-electron chi connectivity index (χ0n) is 30.2. The van der Waals surface area contributed by atoms with Crippen LogP contribution in [0.5, 0.6) is 0 Å². The topological polar surface area (TPSA) is 37.8 Å². The fourth-order valence-corrected chi connectivity index (χ4v) is 8.48. The summed E-state index contributed by atoms with van der Waals surface area (Å²) in [5.41, 5.74) is 18.1. The molecule has 2 aliphatic rings. The molecule has 2 aromatic heterocycles.